The van der Waals surface area contributed by atoms with Crippen molar-refractivity contribution in [3.05, 3.63) is 51.4 Å². The van der Waals surface area contributed by atoms with Gasteiger partial charge in [0.1, 0.15) is 18.1 Å². The predicted molar refractivity (Wildman–Crippen MR) is 147 cm³/mol. The average Bonchev–Trinajstić information content (AvgIpc) is 3.60. The van der Waals surface area contributed by atoms with Gasteiger partial charge in [0.25, 0.3) is 5.91 Å². The summed E-state index contributed by atoms with van der Waals surface area (Å²) in [5.74, 6) is -1.14. The van der Waals surface area contributed by atoms with E-state index in [1.165, 1.54) is 0 Å². The van der Waals surface area contributed by atoms with Crippen LogP contribution in [0.2, 0.25) is 0 Å². The summed E-state index contributed by atoms with van der Waals surface area (Å²) in [6.07, 6.45) is 3.50. The van der Waals surface area contributed by atoms with E-state index < -0.39 is 11.4 Å². The molecule has 3 aromatic rings. The van der Waals surface area contributed by atoms with E-state index in [4.69, 9.17) is 19.3 Å². The van der Waals surface area contributed by atoms with Crippen LogP contribution in [0, 0.1) is 0 Å². The first-order valence-corrected chi connectivity index (χ1v) is 13.5. The Kier molecular flexibility index (Phi) is 6.89. The van der Waals surface area contributed by atoms with Gasteiger partial charge in [-0.2, -0.15) is 16.4 Å². The highest BCUT2D eigenvalue weighted by Gasteiger charge is 2.44. The summed E-state index contributed by atoms with van der Waals surface area (Å²) in [6, 6.07) is 5.88. The number of carbonyl (C=O) groups is 1. The summed E-state index contributed by atoms with van der Waals surface area (Å²) < 4.78 is 18.9. The third-order valence-corrected chi connectivity index (χ3v) is 7.66. The van der Waals surface area contributed by atoms with E-state index in [0.29, 0.717) is 35.7 Å². The van der Waals surface area contributed by atoms with E-state index in [-0.39, 0.29) is 19.1 Å². The van der Waals surface area contributed by atoms with Gasteiger partial charge in [-0.05, 0) is 51.1 Å². The molecule has 2 aliphatic rings. The van der Waals surface area contributed by atoms with E-state index in [1.54, 1.807) is 23.3 Å². The number of methoxy groups -OCH3 is 1. The molecule has 4 heterocycles. The Morgan fingerprint density at radius 3 is 2.82 bits per heavy atom. The minimum atomic E-state index is -2.28. The summed E-state index contributed by atoms with van der Waals surface area (Å²) in [5, 5.41) is 28.2. The molecule has 38 heavy (non-hydrogen) atoms. The monoisotopic (exact) mass is 537 g/mol. The Balaban J connectivity index is 1.63. The maximum absolute atomic E-state index is 14.1. The standard InChI is InChI=1S/C27H32BN3O6S/c1-16(2)10-17-11-19-22(12-21(17)35-4)36-13-20-23(29-31(24(19)20)18-6-9-38-14-18)25(32)30-8-5-7-26(30,3)15-37-27(28,33)34/h6,9-12,14,33-34H,5,7-8,13,15,28H2,1-4H3. The zero-order valence-corrected chi connectivity index (χ0v) is 23.1. The van der Waals surface area contributed by atoms with Crippen molar-refractivity contribution in [1.29, 1.82) is 0 Å². The van der Waals surface area contributed by atoms with Crippen molar-refractivity contribution < 1.29 is 29.2 Å². The summed E-state index contributed by atoms with van der Waals surface area (Å²) >= 11 is 1.55. The van der Waals surface area contributed by atoms with Gasteiger partial charge in [-0.25, -0.2) is 4.68 Å². The zero-order chi connectivity index (χ0) is 27.2. The van der Waals surface area contributed by atoms with E-state index in [1.807, 2.05) is 54.4 Å². The lowest BCUT2D eigenvalue weighted by atomic mass is 9.97. The van der Waals surface area contributed by atoms with Gasteiger partial charge in [0.2, 0.25) is 13.7 Å². The molecule has 1 fully saturated rings. The Morgan fingerprint density at radius 2 is 2.16 bits per heavy atom. The number of carbonyl (C=O) groups excluding carboxylic acids is 1. The summed E-state index contributed by atoms with van der Waals surface area (Å²) in [5.41, 5.74) is 4.87. The fourth-order valence-corrected chi connectivity index (χ4v) is 5.79. The minimum absolute atomic E-state index is 0.0130. The number of fused-ring (bicyclic) bond motifs is 3. The molecule has 1 aromatic carbocycles. The van der Waals surface area contributed by atoms with E-state index in [0.717, 1.165) is 42.3 Å². The smallest absolute Gasteiger partial charge is 0.275 e. The van der Waals surface area contributed by atoms with Crippen molar-refractivity contribution in [2.75, 3.05) is 20.3 Å². The SMILES string of the molecule is BC(O)(O)OCC1(C)CCCN1C(=O)c1nn(-c2ccsc2)c2c1COc1cc(OC)c(C=C(C)C)cc1-2. The lowest BCUT2D eigenvalue weighted by Crippen LogP contribution is -2.51. The van der Waals surface area contributed by atoms with Crippen LogP contribution in [0.25, 0.3) is 23.0 Å². The third kappa shape index (κ3) is 4.87. The van der Waals surface area contributed by atoms with Gasteiger partial charge < -0.3 is 29.3 Å². The van der Waals surface area contributed by atoms with Crippen LogP contribution in [-0.4, -0.2) is 70.3 Å². The zero-order valence-electron chi connectivity index (χ0n) is 22.3. The molecule has 9 nitrogen and oxygen atoms in total. The topological polar surface area (TPSA) is 106 Å². The van der Waals surface area contributed by atoms with Crippen LogP contribution in [0.1, 0.15) is 55.2 Å². The van der Waals surface area contributed by atoms with Gasteiger partial charge >= 0.3 is 0 Å². The highest BCUT2D eigenvalue weighted by Crippen LogP contribution is 2.45. The van der Waals surface area contributed by atoms with Crippen molar-refractivity contribution in [1.82, 2.24) is 14.7 Å². The van der Waals surface area contributed by atoms with E-state index in [2.05, 4.69) is 6.08 Å². The van der Waals surface area contributed by atoms with Gasteiger partial charge in [0, 0.05) is 34.7 Å². The van der Waals surface area contributed by atoms with Crippen LogP contribution in [0.5, 0.6) is 11.5 Å². The Labute approximate surface area is 226 Å². The van der Waals surface area contributed by atoms with Gasteiger partial charge in [0.15, 0.2) is 5.69 Å². The molecule has 5 rings (SSSR count). The quantitative estimate of drug-likeness (QED) is 0.352. The van der Waals surface area contributed by atoms with Crippen LogP contribution in [-0.2, 0) is 11.3 Å². The second kappa shape index (κ2) is 9.89. The number of thiophene rings is 1. The number of allylic oxidation sites excluding steroid dienone is 1. The molecule has 1 unspecified atom stereocenters. The number of rotatable bonds is 7. The van der Waals surface area contributed by atoms with Crippen molar-refractivity contribution in [3.63, 3.8) is 0 Å². The number of nitrogens with zero attached hydrogens (tertiary/aromatic N) is 3. The first-order chi connectivity index (χ1) is 18.0. The molecule has 1 atom stereocenters. The second-order valence-electron chi connectivity index (χ2n) is 10.4. The van der Waals surface area contributed by atoms with Gasteiger partial charge in [-0.3, -0.25) is 4.79 Å². The maximum Gasteiger partial charge on any atom is 0.275 e. The number of likely N-dealkylation sites (tertiary alicyclic amines) is 1. The summed E-state index contributed by atoms with van der Waals surface area (Å²) in [6.45, 7) is 6.65. The summed E-state index contributed by atoms with van der Waals surface area (Å²) in [7, 11) is 2.79. The third-order valence-electron chi connectivity index (χ3n) is 6.99. The molecule has 0 radical (unpaired) electrons. The second-order valence-corrected chi connectivity index (χ2v) is 11.2. The van der Waals surface area contributed by atoms with Gasteiger partial charge in [-0.15, -0.1) is 0 Å². The fraction of sp³-hybridized carbons (Fsp3) is 0.407. The van der Waals surface area contributed by atoms with Crippen LogP contribution < -0.4 is 9.47 Å². The molecular weight excluding hydrogens is 505 g/mol. The Hall–Kier alpha value is -3.12. The van der Waals surface area contributed by atoms with Crippen LogP contribution in [0.3, 0.4) is 0 Å². The Morgan fingerprint density at radius 1 is 1.37 bits per heavy atom. The van der Waals surface area contributed by atoms with E-state index >= 15 is 0 Å². The molecule has 0 saturated carbocycles. The minimum Gasteiger partial charge on any atom is -0.496 e. The molecule has 2 aliphatic heterocycles. The number of amides is 1. The number of hydrogen-bond donors (Lipinski definition) is 2. The maximum atomic E-state index is 14.1. The molecule has 2 N–H and O–H groups in total. The highest BCUT2D eigenvalue weighted by atomic mass is 32.1. The predicted octanol–water partition coefficient (Wildman–Crippen LogP) is 3.17. The lowest BCUT2D eigenvalue weighted by Gasteiger charge is -2.36. The van der Waals surface area contributed by atoms with Gasteiger partial charge in [0.05, 0.1) is 30.6 Å². The molecule has 0 bridgehead atoms. The normalized spacial score (nSPS) is 18.5. The lowest BCUT2D eigenvalue weighted by molar-refractivity contribution is -0.283. The van der Waals surface area contributed by atoms with Crippen LogP contribution >= 0.6 is 11.3 Å². The van der Waals surface area contributed by atoms with Gasteiger partial charge in [-0.1, -0.05) is 11.6 Å². The van der Waals surface area contributed by atoms with Crippen molar-refractivity contribution in [3.8, 4) is 28.4 Å². The van der Waals surface area contributed by atoms with Crippen molar-refractivity contribution in [2.24, 2.45) is 0 Å². The average molecular weight is 537 g/mol. The molecule has 200 valence electrons. The molecule has 11 heteroatoms. The fourth-order valence-electron chi connectivity index (χ4n) is 5.17. The number of benzene rings is 1. The highest BCUT2D eigenvalue weighted by molar-refractivity contribution is 7.08. The van der Waals surface area contributed by atoms with Crippen molar-refractivity contribution >= 4 is 31.2 Å². The van der Waals surface area contributed by atoms with Crippen LogP contribution in [0.15, 0.2) is 34.5 Å². The number of aromatic nitrogens is 2. The first kappa shape index (κ1) is 26.5. The Bertz CT molecular complexity index is 1390. The number of hydrogen-bond acceptors (Lipinski definition) is 8. The molecule has 2 aromatic heterocycles. The summed E-state index contributed by atoms with van der Waals surface area (Å²) in [4.78, 5) is 15.8. The number of aliphatic hydroxyl groups is 2. The molecule has 0 spiro atoms. The molecule has 0 aliphatic carbocycles. The molecule has 1 amide bonds. The first-order valence-electron chi connectivity index (χ1n) is 12.6. The molecular formula is C27H32BN3O6S. The number of ether oxygens (including phenoxy) is 3. The molecule has 1 saturated heterocycles. The largest absolute Gasteiger partial charge is 0.496 e. The van der Waals surface area contributed by atoms with E-state index in [9.17, 15) is 15.0 Å². The van der Waals surface area contributed by atoms with Crippen molar-refractivity contribution in [2.45, 2.75) is 51.6 Å². The van der Waals surface area contributed by atoms with Crippen LogP contribution in [0.4, 0.5) is 0 Å².